The van der Waals surface area contributed by atoms with Crippen molar-refractivity contribution >= 4 is 17.8 Å². The summed E-state index contributed by atoms with van der Waals surface area (Å²) in [5.41, 5.74) is 0. The number of carbonyl (C=O) groups is 3. The first-order valence-electron chi connectivity index (χ1n) is 10.7. The van der Waals surface area contributed by atoms with E-state index >= 15 is 0 Å². The summed E-state index contributed by atoms with van der Waals surface area (Å²) < 4.78 is 0. The molecule has 0 aliphatic heterocycles. The molecule has 1 unspecified atom stereocenters. The van der Waals surface area contributed by atoms with Crippen LogP contribution in [0.25, 0.3) is 0 Å². The Labute approximate surface area is 262 Å². The van der Waals surface area contributed by atoms with Crippen LogP contribution in [0.15, 0.2) is 0 Å². The normalized spacial score (nSPS) is 11.1. The van der Waals surface area contributed by atoms with E-state index in [2.05, 4.69) is 12.2 Å². The Hall–Kier alpha value is 1.68. The molecule has 6 nitrogen and oxygen atoms in total. The van der Waals surface area contributed by atoms with Gasteiger partial charge in [0.25, 0.3) is 0 Å². The molecule has 0 radical (unpaired) electrons. The summed E-state index contributed by atoms with van der Waals surface area (Å²) in [5.74, 6) is -3.17. The molecule has 158 valence electrons. The molecule has 1 N–H and O–H groups in total. The van der Waals surface area contributed by atoms with Gasteiger partial charge in [-0.05, 0) is 19.3 Å². The van der Waals surface area contributed by atoms with Crippen molar-refractivity contribution in [3.05, 3.63) is 0 Å². The summed E-state index contributed by atoms with van der Waals surface area (Å²) >= 11 is 0. The molecule has 1 amide bonds. The van der Waals surface area contributed by atoms with E-state index < -0.39 is 24.4 Å². The Morgan fingerprint density at radius 3 is 1.48 bits per heavy atom. The fourth-order valence-corrected chi connectivity index (χ4v) is 3.08. The minimum absolute atomic E-state index is 0. The molecule has 29 heavy (non-hydrogen) atoms. The quantitative estimate of drug-likeness (QED) is 0.157. The standard InChI is InChI=1S/C21H39NO5.2K/c1-2-3-4-5-6-7-8-9-10-11-12-13-14-15-19(23)22-18(21(26)27)16-17-20(24)25;;/h18H,2-17H2,1H3,(H,22,23)(H,24,25)(H,26,27);;/q;2*+1/p-2. The van der Waals surface area contributed by atoms with Crippen LogP contribution >= 0.6 is 0 Å². The zero-order valence-electron chi connectivity index (χ0n) is 18.9. The first-order valence-corrected chi connectivity index (χ1v) is 10.7. The predicted octanol–water partition coefficient (Wildman–Crippen LogP) is -3.76. The number of carbonyl (C=O) groups excluding carboxylic acids is 3. The van der Waals surface area contributed by atoms with Crippen LogP contribution in [0.5, 0.6) is 0 Å². The summed E-state index contributed by atoms with van der Waals surface area (Å²) in [5, 5.41) is 23.6. The molecule has 0 saturated carbocycles. The minimum Gasteiger partial charge on any atom is -0.550 e. The maximum Gasteiger partial charge on any atom is 1.00 e. The molecule has 0 rings (SSSR count). The maximum absolute atomic E-state index is 11.7. The van der Waals surface area contributed by atoms with Crippen molar-refractivity contribution in [1.82, 2.24) is 5.32 Å². The summed E-state index contributed by atoms with van der Waals surface area (Å²) in [6.07, 6.45) is 15.4. The molecule has 0 bridgehead atoms. The van der Waals surface area contributed by atoms with Crippen LogP contribution < -0.4 is 118 Å². The van der Waals surface area contributed by atoms with Crippen LogP contribution in [0.2, 0.25) is 0 Å². The van der Waals surface area contributed by atoms with Gasteiger partial charge in [0, 0.05) is 12.4 Å². The third-order valence-corrected chi connectivity index (χ3v) is 4.76. The van der Waals surface area contributed by atoms with Crippen LogP contribution in [0.3, 0.4) is 0 Å². The summed E-state index contributed by atoms with van der Waals surface area (Å²) in [6, 6.07) is -1.27. The predicted molar refractivity (Wildman–Crippen MR) is 101 cm³/mol. The fraction of sp³-hybridized carbons (Fsp3) is 0.857. The van der Waals surface area contributed by atoms with Crippen molar-refractivity contribution in [3.8, 4) is 0 Å². The van der Waals surface area contributed by atoms with E-state index in [1.54, 1.807) is 0 Å². The van der Waals surface area contributed by atoms with E-state index in [-0.39, 0.29) is 122 Å². The van der Waals surface area contributed by atoms with Crippen molar-refractivity contribution < 1.29 is 127 Å². The molecular formula is C21H37K2NO5. The van der Waals surface area contributed by atoms with Gasteiger partial charge in [-0.25, -0.2) is 0 Å². The van der Waals surface area contributed by atoms with Crippen LogP contribution in [0.1, 0.15) is 110 Å². The van der Waals surface area contributed by atoms with Crippen LogP contribution in [0, 0.1) is 0 Å². The van der Waals surface area contributed by atoms with Gasteiger partial charge in [0.2, 0.25) is 5.91 Å². The Morgan fingerprint density at radius 2 is 1.10 bits per heavy atom. The molecule has 0 aliphatic carbocycles. The van der Waals surface area contributed by atoms with Gasteiger partial charge >= 0.3 is 103 Å². The average molecular weight is 462 g/mol. The van der Waals surface area contributed by atoms with Gasteiger partial charge in [0.05, 0.1) is 12.0 Å². The number of rotatable bonds is 19. The molecule has 0 saturated heterocycles. The Bertz CT molecular complexity index is 422. The van der Waals surface area contributed by atoms with E-state index in [1.807, 2.05) is 0 Å². The largest absolute Gasteiger partial charge is 1.00 e. The van der Waals surface area contributed by atoms with E-state index in [0.717, 1.165) is 12.8 Å². The molecule has 8 heteroatoms. The Morgan fingerprint density at radius 1 is 0.690 bits per heavy atom. The zero-order chi connectivity index (χ0) is 20.3. The molecule has 1 atom stereocenters. The van der Waals surface area contributed by atoms with Crippen LogP contribution in [0.4, 0.5) is 0 Å². The van der Waals surface area contributed by atoms with Crippen molar-refractivity contribution in [2.24, 2.45) is 0 Å². The van der Waals surface area contributed by atoms with Gasteiger partial charge in [-0.3, -0.25) is 4.79 Å². The van der Waals surface area contributed by atoms with E-state index in [4.69, 9.17) is 0 Å². The second-order valence-electron chi connectivity index (χ2n) is 7.34. The molecule has 0 heterocycles. The number of amides is 1. The summed E-state index contributed by atoms with van der Waals surface area (Å²) in [6.45, 7) is 2.23. The van der Waals surface area contributed by atoms with Gasteiger partial charge in [-0.15, -0.1) is 0 Å². The average Bonchev–Trinajstić information content (AvgIpc) is 2.62. The van der Waals surface area contributed by atoms with Gasteiger partial charge in [0.1, 0.15) is 0 Å². The number of unbranched alkanes of at least 4 members (excludes halogenated alkanes) is 12. The van der Waals surface area contributed by atoms with Gasteiger partial charge < -0.3 is 25.1 Å². The number of carboxylic acid groups (broad SMARTS) is 2. The summed E-state index contributed by atoms with van der Waals surface area (Å²) in [4.78, 5) is 33.0. The molecule has 0 aromatic rings. The number of aliphatic carboxylic acids is 2. The molecule has 0 fully saturated rings. The Balaban J connectivity index is -0.00000338. The maximum atomic E-state index is 11.7. The number of hydrogen-bond acceptors (Lipinski definition) is 5. The second-order valence-corrected chi connectivity index (χ2v) is 7.34. The van der Waals surface area contributed by atoms with Crippen LogP contribution in [-0.4, -0.2) is 23.9 Å². The number of carboxylic acids is 2. The summed E-state index contributed by atoms with van der Waals surface area (Å²) in [7, 11) is 0. The Kier molecular flexibility index (Phi) is 31.6. The third-order valence-electron chi connectivity index (χ3n) is 4.76. The number of nitrogens with one attached hydrogen (secondary N) is 1. The van der Waals surface area contributed by atoms with Crippen LogP contribution in [-0.2, 0) is 14.4 Å². The van der Waals surface area contributed by atoms with E-state index in [1.165, 1.54) is 64.2 Å². The van der Waals surface area contributed by atoms with Gasteiger partial charge in [-0.2, -0.15) is 0 Å². The molecular weight excluding hydrogens is 424 g/mol. The minimum atomic E-state index is -1.46. The third kappa shape index (κ3) is 25.8. The van der Waals surface area contributed by atoms with E-state index in [0.29, 0.717) is 6.42 Å². The fourth-order valence-electron chi connectivity index (χ4n) is 3.08. The zero-order valence-corrected chi connectivity index (χ0v) is 25.2. The van der Waals surface area contributed by atoms with Crippen molar-refractivity contribution in [3.63, 3.8) is 0 Å². The SMILES string of the molecule is CCCCCCCCCCCCCCCC(=O)NC(CCC(=O)[O-])C(=O)[O-].[K+].[K+]. The first-order chi connectivity index (χ1) is 13.0. The van der Waals surface area contributed by atoms with Gasteiger partial charge in [0.15, 0.2) is 0 Å². The second kappa shape index (κ2) is 25.9. The topological polar surface area (TPSA) is 109 Å². The molecule has 0 aromatic heterocycles. The molecule has 0 aromatic carbocycles. The first kappa shape index (κ1) is 35.3. The monoisotopic (exact) mass is 461 g/mol. The van der Waals surface area contributed by atoms with Crippen molar-refractivity contribution in [1.29, 1.82) is 0 Å². The van der Waals surface area contributed by atoms with Crippen molar-refractivity contribution in [2.45, 2.75) is 116 Å². The molecule has 0 aliphatic rings. The van der Waals surface area contributed by atoms with E-state index in [9.17, 15) is 24.6 Å². The van der Waals surface area contributed by atoms with Gasteiger partial charge in [-0.1, -0.05) is 84.0 Å². The van der Waals surface area contributed by atoms with Crippen molar-refractivity contribution in [2.75, 3.05) is 0 Å². The molecule has 0 spiro atoms. The number of hydrogen-bond donors (Lipinski definition) is 1. The smallest absolute Gasteiger partial charge is 0.550 e.